The van der Waals surface area contributed by atoms with Gasteiger partial charge in [-0.2, -0.15) is 18.4 Å². The van der Waals surface area contributed by atoms with Crippen molar-refractivity contribution >= 4 is 0 Å². The van der Waals surface area contributed by atoms with Gasteiger partial charge in [-0.05, 0) is 72.5 Å². The molecule has 0 unspecified atom stereocenters. The minimum Gasteiger partial charge on any atom is -0.376 e. The molecule has 0 amide bonds. The number of hydrogen-bond donors (Lipinski definition) is 1. The minimum atomic E-state index is -4.72. The first kappa shape index (κ1) is 24.8. The van der Waals surface area contributed by atoms with E-state index in [4.69, 9.17) is 4.74 Å². The minimum absolute atomic E-state index is 0.0849. The van der Waals surface area contributed by atoms with E-state index in [1.165, 1.54) is 12.1 Å². The molecule has 0 aliphatic carbocycles. The third-order valence-electron chi connectivity index (χ3n) is 6.47. The van der Waals surface area contributed by atoms with E-state index in [1.54, 1.807) is 36.4 Å². The van der Waals surface area contributed by atoms with Crippen LogP contribution in [0, 0.1) is 23.0 Å². The highest BCUT2D eigenvalue weighted by atomic mass is 19.4. The molecule has 1 heterocycles. The number of halogens is 5. The molecule has 0 aromatic heterocycles. The predicted octanol–water partition coefficient (Wildman–Crippen LogP) is 6.36. The zero-order valence-corrected chi connectivity index (χ0v) is 18.8. The molecule has 1 N–H and O–H groups in total. The van der Waals surface area contributed by atoms with Crippen molar-refractivity contribution in [2.45, 2.75) is 31.0 Å². The van der Waals surface area contributed by atoms with E-state index in [2.05, 4.69) is 5.32 Å². The first-order chi connectivity index (χ1) is 16.7. The van der Waals surface area contributed by atoms with Crippen molar-refractivity contribution in [2.75, 3.05) is 19.7 Å². The number of rotatable bonds is 6. The van der Waals surface area contributed by atoms with Gasteiger partial charge in [-0.25, -0.2) is 8.78 Å². The van der Waals surface area contributed by atoms with Gasteiger partial charge in [0.15, 0.2) is 11.6 Å². The topological polar surface area (TPSA) is 45.0 Å². The van der Waals surface area contributed by atoms with Crippen LogP contribution in [0.4, 0.5) is 22.0 Å². The summed E-state index contributed by atoms with van der Waals surface area (Å²) in [6, 6.07) is 16.5. The molecular formula is C27H23F5N2O. The molecule has 3 nitrogen and oxygen atoms in total. The molecule has 182 valence electrons. The largest absolute Gasteiger partial charge is 0.417 e. The standard InChI is InChI=1S/C27H23F5N2O/c28-24-7-6-21(14-25(24)29)26(8-10-34-11-9-26)17-35-16-20-12-19(18-4-2-1-3-5-18)13-23(22(20)15-33)27(30,31)32/h1-7,12-14,34H,8-11,16-17H2. The summed E-state index contributed by atoms with van der Waals surface area (Å²) in [7, 11) is 0. The molecule has 3 aromatic rings. The molecule has 0 radical (unpaired) electrons. The van der Waals surface area contributed by atoms with Gasteiger partial charge in [0.05, 0.1) is 24.3 Å². The Morgan fingerprint density at radius 2 is 1.63 bits per heavy atom. The zero-order valence-electron chi connectivity index (χ0n) is 18.8. The van der Waals surface area contributed by atoms with E-state index < -0.39 is 34.4 Å². The van der Waals surface area contributed by atoms with Crippen LogP contribution in [0.5, 0.6) is 0 Å². The quantitative estimate of drug-likeness (QED) is 0.413. The summed E-state index contributed by atoms with van der Waals surface area (Å²) < 4.78 is 74.9. The van der Waals surface area contributed by atoms with Crippen LogP contribution in [-0.4, -0.2) is 19.7 Å². The van der Waals surface area contributed by atoms with Gasteiger partial charge < -0.3 is 10.1 Å². The van der Waals surface area contributed by atoms with Gasteiger partial charge >= 0.3 is 6.18 Å². The van der Waals surface area contributed by atoms with Gasteiger partial charge in [-0.1, -0.05) is 36.4 Å². The Bertz CT molecular complexity index is 1230. The lowest BCUT2D eigenvalue weighted by Gasteiger charge is -2.38. The molecule has 1 aliphatic heterocycles. The fourth-order valence-corrected chi connectivity index (χ4v) is 4.57. The Morgan fingerprint density at radius 1 is 0.914 bits per heavy atom. The molecule has 1 saturated heterocycles. The molecule has 0 spiro atoms. The molecule has 4 rings (SSSR count). The number of nitriles is 1. The van der Waals surface area contributed by atoms with Crippen LogP contribution in [0.25, 0.3) is 11.1 Å². The SMILES string of the molecule is N#Cc1c(COCC2(c3ccc(F)c(F)c3)CCNCC2)cc(-c2ccccc2)cc1C(F)(F)F. The second-order valence-corrected chi connectivity index (χ2v) is 8.69. The summed E-state index contributed by atoms with van der Waals surface area (Å²) in [5, 5.41) is 12.8. The van der Waals surface area contributed by atoms with Gasteiger partial charge in [-0.3, -0.25) is 0 Å². The van der Waals surface area contributed by atoms with E-state index >= 15 is 0 Å². The van der Waals surface area contributed by atoms with Gasteiger partial charge in [0.2, 0.25) is 0 Å². The zero-order chi connectivity index (χ0) is 25.1. The van der Waals surface area contributed by atoms with E-state index in [0.29, 0.717) is 42.6 Å². The lowest BCUT2D eigenvalue weighted by atomic mass is 9.74. The second-order valence-electron chi connectivity index (χ2n) is 8.69. The van der Waals surface area contributed by atoms with Crippen molar-refractivity contribution in [3.63, 3.8) is 0 Å². The van der Waals surface area contributed by atoms with Crippen LogP contribution in [0.3, 0.4) is 0 Å². The lowest BCUT2D eigenvalue weighted by Crippen LogP contribution is -2.43. The van der Waals surface area contributed by atoms with Crippen molar-refractivity contribution in [3.05, 3.63) is 94.6 Å². The normalized spacial score (nSPS) is 15.5. The third-order valence-corrected chi connectivity index (χ3v) is 6.47. The van der Waals surface area contributed by atoms with Crippen molar-refractivity contribution in [3.8, 4) is 17.2 Å². The van der Waals surface area contributed by atoms with Crippen LogP contribution in [0.2, 0.25) is 0 Å². The average molecular weight is 486 g/mol. The first-order valence-electron chi connectivity index (χ1n) is 11.2. The molecule has 0 bridgehead atoms. The lowest BCUT2D eigenvalue weighted by molar-refractivity contribution is -0.137. The average Bonchev–Trinajstić information content (AvgIpc) is 2.85. The maximum atomic E-state index is 14.0. The Balaban J connectivity index is 1.66. The van der Waals surface area contributed by atoms with E-state index in [1.807, 2.05) is 0 Å². The number of piperidine rings is 1. The van der Waals surface area contributed by atoms with Gasteiger partial charge in [0.25, 0.3) is 0 Å². The Hall–Kier alpha value is -3.28. The van der Waals surface area contributed by atoms with Crippen LogP contribution in [-0.2, 0) is 22.9 Å². The van der Waals surface area contributed by atoms with Gasteiger partial charge in [-0.15, -0.1) is 0 Å². The smallest absolute Gasteiger partial charge is 0.376 e. The summed E-state index contributed by atoms with van der Waals surface area (Å²) >= 11 is 0. The fourth-order valence-electron chi connectivity index (χ4n) is 4.57. The van der Waals surface area contributed by atoms with Gasteiger partial charge in [0, 0.05) is 5.41 Å². The summed E-state index contributed by atoms with van der Waals surface area (Å²) in [6.45, 7) is 1.12. The summed E-state index contributed by atoms with van der Waals surface area (Å²) in [5.74, 6) is -1.91. The molecule has 8 heteroatoms. The van der Waals surface area contributed by atoms with Crippen LogP contribution in [0.1, 0.15) is 35.1 Å². The van der Waals surface area contributed by atoms with E-state index in [9.17, 15) is 27.2 Å². The Labute approximate surface area is 200 Å². The van der Waals surface area contributed by atoms with Crippen LogP contribution < -0.4 is 5.32 Å². The van der Waals surface area contributed by atoms with Crippen molar-refractivity contribution in [2.24, 2.45) is 0 Å². The number of ether oxygens (including phenoxy) is 1. The molecular weight excluding hydrogens is 463 g/mol. The molecule has 0 saturated carbocycles. The summed E-state index contributed by atoms with van der Waals surface area (Å²) in [4.78, 5) is 0. The molecule has 1 aliphatic rings. The summed E-state index contributed by atoms with van der Waals surface area (Å²) in [6.07, 6.45) is -3.55. The Morgan fingerprint density at radius 3 is 2.26 bits per heavy atom. The number of benzene rings is 3. The maximum absolute atomic E-state index is 14.0. The van der Waals surface area contributed by atoms with Crippen molar-refractivity contribution in [1.82, 2.24) is 5.32 Å². The van der Waals surface area contributed by atoms with Crippen molar-refractivity contribution in [1.29, 1.82) is 5.26 Å². The number of hydrogen-bond acceptors (Lipinski definition) is 3. The molecule has 1 fully saturated rings. The summed E-state index contributed by atoms with van der Waals surface area (Å²) in [5.41, 5.74) is -0.520. The van der Waals surface area contributed by atoms with E-state index in [0.717, 1.165) is 18.2 Å². The van der Waals surface area contributed by atoms with Crippen LogP contribution in [0.15, 0.2) is 60.7 Å². The molecule has 3 aromatic carbocycles. The Kier molecular flexibility index (Phi) is 7.20. The second kappa shape index (κ2) is 10.1. The van der Waals surface area contributed by atoms with Crippen molar-refractivity contribution < 1.29 is 26.7 Å². The fraction of sp³-hybridized carbons (Fsp3) is 0.296. The molecule has 35 heavy (non-hydrogen) atoms. The highest BCUT2D eigenvalue weighted by Crippen LogP contribution is 2.38. The number of nitrogens with one attached hydrogen (secondary N) is 1. The van der Waals surface area contributed by atoms with E-state index in [-0.39, 0.29) is 18.8 Å². The number of alkyl halides is 3. The number of nitrogens with zero attached hydrogens (tertiary/aromatic N) is 1. The monoisotopic (exact) mass is 486 g/mol. The highest BCUT2D eigenvalue weighted by Gasteiger charge is 2.37. The maximum Gasteiger partial charge on any atom is 0.417 e. The molecule has 0 atom stereocenters. The first-order valence-corrected chi connectivity index (χ1v) is 11.2. The van der Waals surface area contributed by atoms with Gasteiger partial charge in [0.1, 0.15) is 6.07 Å². The predicted molar refractivity (Wildman–Crippen MR) is 121 cm³/mol. The highest BCUT2D eigenvalue weighted by molar-refractivity contribution is 5.68. The third kappa shape index (κ3) is 5.37. The van der Waals surface area contributed by atoms with Crippen LogP contribution >= 0.6 is 0 Å².